The molecule has 0 N–H and O–H groups in total. The van der Waals surface area contributed by atoms with Crippen LogP contribution in [0.4, 0.5) is 0 Å². The highest BCUT2D eigenvalue weighted by Gasteiger charge is 2.19. The standard InChI is InChI=1S/C11H8IN3O2/c1-2-17-11(16)8-9(12)15-5-3-4-7(6-13)10(15)14-8/h3-5H,2H2,1H3. The zero-order valence-corrected chi connectivity index (χ0v) is 11.1. The molecule has 0 aromatic carbocycles. The predicted octanol–water partition coefficient (Wildman–Crippen LogP) is 1.99. The van der Waals surface area contributed by atoms with Crippen molar-refractivity contribution < 1.29 is 9.53 Å². The van der Waals surface area contributed by atoms with Crippen molar-refractivity contribution in [1.29, 1.82) is 5.26 Å². The summed E-state index contributed by atoms with van der Waals surface area (Å²) in [5, 5.41) is 8.96. The molecule has 0 atom stereocenters. The molecular weight excluding hydrogens is 333 g/mol. The molecule has 5 nitrogen and oxygen atoms in total. The number of halogens is 1. The zero-order valence-electron chi connectivity index (χ0n) is 8.98. The third-order valence-corrected chi connectivity index (χ3v) is 3.21. The molecule has 0 bridgehead atoms. The van der Waals surface area contributed by atoms with E-state index in [0.29, 0.717) is 21.5 Å². The Bertz CT molecular complexity index is 627. The normalized spacial score (nSPS) is 10.2. The molecule has 0 aliphatic carbocycles. The molecule has 6 heteroatoms. The third kappa shape index (κ3) is 1.98. The Morgan fingerprint density at radius 1 is 1.71 bits per heavy atom. The van der Waals surface area contributed by atoms with Gasteiger partial charge in [0, 0.05) is 6.20 Å². The number of imidazole rings is 1. The maximum absolute atomic E-state index is 11.6. The van der Waals surface area contributed by atoms with Crippen molar-refractivity contribution >= 4 is 34.2 Å². The van der Waals surface area contributed by atoms with Gasteiger partial charge in [-0.2, -0.15) is 5.26 Å². The SMILES string of the molecule is CCOC(=O)c1nc2c(C#N)cccn2c1I. The van der Waals surface area contributed by atoms with E-state index in [9.17, 15) is 4.79 Å². The summed E-state index contributed by atoms with van der Waals surface area (Å²) in [4.78, 5) is 15.8. The van der Waals surface area contributed by atoms with Gasteiger partial charge in [0.2, 0.25) is 0 Å². The lowest BCUT2D eigenvalue weighted by Crippen LogP contribution is -2.06. The van der Waals surface area contributed by atoms with Crippen LogP contribution in [0.25, 0.3) is 5.65 Å². The summed E-state index contributed by atoms with van der Waals surface area (Å²) in [6, 6.07) is 5.44. The minimum absolute atomic E-state index is 0.246. The van der Waals surface area contributed by atoms with Crippen molar-refractivity contribution in [3.63, 3.8) is 0 Å². The number of ether oxygens (including phenoxy) is 1. The van der Waals surface area contributed by atoms with Gasteiger partial charge in [-0.3, -0.25) is 4.40 Å². The number of rotatable bonds is 2. The molecule has 2 heterocycles. The Kier molecular flexibility index (Phi) is 3.28. The molecule has 0 fully saturated rings. The molecule has 0 amide bonds. The van der Waals surface area contributed by atoms with Crippen LogP contribution in [0.3, 0.4) is 0 Å². The van der Waals surface area contributed by atoms with Crippen molar-refractivity contribution in [3.8, 4) is 6.07 Å². The molecule has 0 spiro atoms. The van der Waals surface area contributed by atoms with Crippen LogP contribution < -0.4 is 0 Å². The van der Waals surface area contributed by atoms with Crippen LogP contribution in [0, 0.1) is 15.0 Å². The van der Waals surface area contributed by atoms with Gasteiger partial charge in [-0.15, -0.1) is 0 Å². The number of esters is 1. The van der Waals surface area contributed by atoms with Gasteiger partial charge in [0.15, 0.2) is 11.3 Å². The monoisotopic (exact) mass is 341 g/mol. The summed E-state index contributed by atoms with van der Waals surface area (Å²) >= 11 is 2.01. The van der Waals surface area contributed by atoms with E-state index in [0.717, 1.165) is 0 Å². The summed E-state index contributed by atoms with van der Waals surface area (Å²) in [6.07, 6.45) is 1.76. The summed E-state index contributed by atoms with van der Waals surface area (Å²) in [6.45, 7) is 2.04. The lowest BCUT2D eigenvalue weighted by Gasteiger charge is -1.97. The van der Waals surface area contributed by atoms with Crippen LogP contribution in [0.5, 0.6) is 0 Å². The van der Waals surface area contributed by atoms with E-state index in [-0.39, 0.29) is 5.69 Å². The van der Waals surface area contributed by atoms with Crippen LogP contribution in [0.15, 0.2) is 18.3 Å². The number of nitrogens with zero attached hydrogens (tertiary/aromatic N) is 3. The third-order valence-electron chi connectivity index (χ3n) is 2.18. The highest BCUT2D eigenvalue weighted by atomic mass is 127. The van der Waals surface area contributed by atoms with Gasteiger partial charge < -0.3 is 4.74 Å². The lowest BCUT2D eigenvalue weighted by molar-refractivity contribution is 0.0519. The molecule has 2 aromatic heterocycles. The van der Waals surface area contributed by atoms with Crippen LogP contribution in [0.1, 0.15) is 23.0 Å². The van der Waals surface area contributed by atoms with Gasteiger partial charge in [-0.25, -0.2) is 9.78 Å². The number of aromatic nitrogens is 2. The topological polar surface area (TPSA) is 67.4 Å². The molecule has 0 aliphatic heterocycles. The Balaban J connectivity index is 2.65. The minimum atomic E-state index is -0.468. The maximum atomic E-state index is 11.6. The van der Waals surface area contributed by atoms with Gasteiger partial charge >= 0.3 is 5.97 Å². The van der Waals surface area contributed by atoms with Gasteiger partial charge in [-0.05, 0) is 41.6 Å². The highest BCUT2D eigenvalue weighted by molar-refractivity contribution is 14.1. The van der Waals surface area contributed by atoms with E-state index in [1.165, 1.54) is 0 Å². The number of hydrogen-bond acceptors (Lipinski definition) is 4. The molecule has 0 aliphatic rings. The van der Waals surface area contributed by atoms with E-state index in [1.807, 2.05) is 28.7 Å². The number of carbonyl (C=O) groups excluding carboxylic acids is 1. The first kappa shape index (κ1) is 11.9. The van der Waals surface area contributed by atoms with Gasteiger partial charge in [0.25, 0.3) is 0 Å². The fraction of sp³-hybridized carbons (Fsp3) is 0.182. The molecule has 0 saturated carbocycles. The van der Waals surface area contributed by atoms with Crippen molar-refractivity contribution in [1.82, 2.24) is 9.38 Å². The largest absolute Gasteiger partial charge is 0.461 e. The average molecular weight is 341 g/mol. The van der Waals surface area contributed by atoms with E-state index in [2.05, 4.69) is 4.98 Å². The Hall–Kier alpha value is -1.62. The maximum Gasteiger partial charge on any atom is 0.359 e. The van der Waals surface area contributed by atoms with E-state index in [1.54, 1.807) is 29.7 Å². The van der Waals surface area contributed by atoms with Gasteiger partial charge in [0.05, 0.1) is 12.2 Å². The van der Waals surface area contributed by atoms with Crippen molar-refractivity contribution in [2.24, 2.45) is 0 Å². The smallest absolute Gasteiger partial charge is 0.359 e. The predicted molar refractivity (Wildman–Crippen MR) is 68.6 cm³/mol. The molecule has 0 radical (unpaired) electrons. The number of carbonyl (C=O) groups is 1. The number of hydrogen-bond donors (Lipinski definition) is 0. The molecule has 2 rings (SSSR count). The van der Waals surface area contributed by atoms with Crippen molar-refractivity contribution in [3.05, 3.63) is 33.3 Å². The minimum Gasteiger partial charge on any atom is -0.461 e. The van der Waals surface area contributed by atoms with Crippen LogP contribution in [-0.4, -0.2) is 22.0 Å². The fourth-order valence-electron chi connectivity index (χ4n) is 1.46. The zero-order chi connectivity index (χ0) is 12.4. The molecule has 17 heavy (non-hydrogen) atoms. The van der Waals surface area contributed by atoms with Crippen molar-refractivity contribution in [2.75, 3.05) is 6.61 Å². The molecule has 0 unspecified atom stereocenters. The Morgan fingerprint density at radius 2 is 2.47 bits per heavy atom. The Labute approximate surface area is 111 Å². The quantitative estimate of drug-likeness (QED) is 0.619. The summed E-state index contributed by atoms with van der Waals surface area (Å²) in [5.74, 6) is -0.468. The number of fused-ring (bicyclic) bond motifs is 1. The van der Waals surface area contributed by atoms with Crippen LogP contribution >= 0.6 is 22.6 Å². The van der Waals surface area contributed by atoms with Gasteiger partial charge in [0.1, 0.15) is 9.77 Å². The van der Waals surface area contributed by atoms with E-state index < -0.39 is 5.97 Å². The number of pyridine rings is 1. The molecule has 86 valence electrons. The van der Waals surface area contributed by atoms with E-state index >= 15 is 0 Å². The summed E-state index contributed by atoms with van der Waals surface area (Å²) in [7, 11) is 0. The second kappa shape index (κ2) is 4.71. The summed E-state index contributed by atoms with van der Waals surface area (Å²) < 4.78 is 7.26. The first-order valence-corrected chi connectivity index (χ1v) is 6.00. The van der Waals surface area contributed by atoms with Crippen molar-refractivity contribution in [2.45, 2.75) is 6.92 Å². The van der Waals surface area contributed by atoms with Crippen LogP contribution in [0.2, 0.25) is 0 Å². The molecule has 2 aromatic rings. The first-order chi connectivity index (χ1) is 8.19. The van der Waals surface area contributed by atoms with E-state index in [4.69, 9.17) is 10.00 Å². The van der Waals surface area contributed by atoms with Crippen LogP contribution in [-0.2, 0) is 4.74 Å². The second-order valence-corrected chi connectivity index (χ2v) is 4.22. The fourth-order valence-corrected chi connectivity index (χ4v) is 2.19. The number of nitriles is 1. The summed E-state index contributed by atoms with van der Waals surface area (Å²) in [5.41, 5.74) is 1.15. The Morgan fingerprint density at radius 3 is 3.12 bits per heavy atom. The second-order valence-electron chi connectivity index (χ2n) is 3.20. The first-order valence-electron chi connectivity index (χ1n) is 4.92. The highest BCUT2D eigenvalue weighted by Crippen LogP contribution is 2.18. The van der Waals surface area contributed by atoms with Gasteiger partial charge in [-0.1, -0.05) is 0 Å². The molecular formula is C11H8IN3O2. The average Bonchev–Trinajstić information content (AvgIpc) is 2.67. The lowest BCUT2D eigenvalue weighted by atomic mass is 10.3. The molecule has 0 saturated heterocycles.